The predicted octanol–water partition coefficient (Wildman–Crippen LogP) is 2.06. The van der Waals surface area contributed by atoms with Crippen LogP contribution in [0.3, 0.4) is 0 Å². The third kappa shape index (κ3) is 1.16. The molecule has 1 aromatic carbocycles. The highest BCUT2D eigenvalue weighted by Gasteiger charge is 2.01. The van der Waals surface area contributed by atoms with Crippen LogP contribution in [-0.4, -0.2) is 0 Å². The fourth-order valence-corrected chi connectivity index (χ4v) is 0.820. The van der Waals surface area contributed by atoms with E-state index in [-0.39, 0.29) is 11.4 Å². The van der Waals surface area contributed by atoms with E-state index in [0.29, 0.717) is 5.56 Å². The normalized spacial score (nSPS) is 9.90. The van der Waals surface area contributed by atoms with Crippen molar-refractivity contribution in [3.8, 4) is 0 Å². The minimum absolute atomic E-state index is 0.250. The van der Waals surface area contributed by atoms with Crippen molar-refractivity contribution in [2.24, 2.45) is 0 Å². The molecule has 0 fully saturated rings. The molecule has 0 N–H and O–H groups in total. The van der Waals surface area contributed by atoms with E-state index in [4.69, 9.17) is 0 Å². The van der Waals surface area contributed by atoms with Crippen LogP contribution >= 0.6 is 0 Å². The Labute approximate surface area is 59.1 Å². The Kier molecular flexibility index (Phi) is 2.02. The van der Waals surface area contributed by atoms with Crippen molar-refractivity contribution in [1.29, 1.82) is 0 Å². The molecule has 0 aromatic heterocycles. The molecule has 0 aliphatic rings. The van der Waals surface area contributed by atoms with Gasteiger partial charge in [0.25, 0.3) is 0 Å². The zero-order valence-corrected chi connectivity index (χ0v) is 5.73. The minimum Gasteiger partial charge on any atom is -0.231 e. The summed E-state index contributed by atoms with van der Waals surface area (Å²) in [6.07, 6.45) is 0. The van der Waals surface area contributed by atoms with Gasteiger partial charge in [0.2, 0.25) is 0 Å². The Morgan fingerprint density at radius 3 is 2.70 bits per heavy atom. The van der Waals surface area contributed by atoms with Gasteiger partial charge < -0.3 is 0 Å². The van der Waals surface area contributed by atoms with Crippen molar-refractivity contribution in [3.63, 3.8) is 0 Å². The van der Waals surface area contributed by atoms with Gasteiger partial charge in [-0.1, -0.05) is 18.2 Å². The lowest BCUT2D eigenvalue weighted by atomic mass is 10.1. The van der Waals surface area contributed by atoms with Gasteiger partial charge in [0.1, 0.15) is 12.4 Å². The van der Waals surface area contributed by atoms with Gasteiger partial charge >= 0.3 is 0 Å². The fourth-order valence-electron chi connectivity index (χ4n) is 0.820. The Bertz CT molecular complexity index is 233. The smallest absolute Gasteiger partial charge is 0.131 e. The number of benzene rings is 1. The first-order chi connectivity index (χ1) is 4.75. The van der Waals surface area contributed by atoms with Gasteiger partial charge in [-0.15, -0.1) is 0 Å². The van der Waals surface area contributed by atoms with Gasteiger partial charge in [-0.3, -0.25) is 0 Å². The highest BCUT2D eigenvalue weighted by Crippen LogP contribution is 2.10. The first-order valence-electron chi connectivity index (χ1n) is 3.08. The highest BCUT2D eigenvalue weighted by atomic mass is 19.1. The van der Waals surface area contributed by atoms with E-state index in [2.05, 4.69) is 0 Å². The van der Waals surface area contributed by atoms with Gasteiger partial charge in [-0.25, -0.2) is 9.50 Å². The summed E-state index contributed by atoms with van der Waals surface area (Å²) in [5.74, 6) is -0.363. The average molecular weight is 139 g/mol. The average Bonchev–Trinajstić information content (AvgIpc) is 1.95. The predicted molar refractivity (Wildman–Crippen MR) is 35.5 cm³/mol. The minimum atomic E-state index is -0.479. The summed E-state index contributed by atoms with van der Waals surface area (Å²) in [5.41, 5.74) is 0.786. The first kappa shape index (κ1) is 7.22. The van der Waals surface area contributed by atoms with E-state index >= 15 is 0 Å². The quantitative estimate of drug-likeness (QED) is 0.567. The fraction of sp³-hybridized carbons (Fsp3) is 0.250. The molecule has 0 atom stereocenters. The number of aryl methyl sites for hydroxylation is 1. The summed E-state index contributed by atoms with van der Waals surface area (Å²) in [6, 6.07) is 4.84. The highest BCUT2D eigenvalue weighted by molar-refractivity contribution is 5.23. The number of hydrogen-bond donors (Lipinski definition) is 0. The maximum atomic E-state index is 12.8. The molecule has 0 unspecified atom stereocenters. The summed E-state index contributed by atoms with van der Waals surface area (Å²) in [5, 5.41) is 10.3. The van der Waals surface area contributed by atoms with Crippen molar-refractivity contribution >= 4 is 0 Å². The maximum absolute atomic E-state index is 12.8. The third-order valence-corrected chi connectivity index (χ3v) is 1.43. The van der Waals surface area contributed by atoms with Gasteiger partial charge in [0.15, 0.2) is 0 Å². The molecule has 0 aliphatic heterocycles. The van der Waals surface area contributed by atoms with Crippen LogP contribution < -0.4 is 0 Å². The molecule has 0 bridgehead atoms. The van der Waals surface area contributed by atoms with Crippen LogP contribution in [0.1, 0.15) is 11.1 Å². The zero-order chi connectivity index (χ0) is 7.56. The number of halogens is 1. The monoisotopic (exact) mass is 139 g/mol. The van der Waals surface area contributed by atoms with Crippen LogP contribution in [0.2, 0.25) is 0 Å². The molecule has 0 amide bonds. The third-order valence-electron chi connectivity index (χ3n) is 1.43. The summed E-state index contributed by atoms with van der Waals surface area (Å²) in [4.78, 5) is 0. The Morgan fingerprint density at radius 1 is 1.50 bits per heavy atom. The van der Waals surface area contributed by atoms with Crippen molar-refractivity contribution in [1.82, 2.24) is 0 Å². The molecule has 0 saturated carbocycles. The molecular weight excluding hydrogens is 131 g/mol. The van der Waals surface area contributed by atoms with Gasteiger partial charge in [-0.2, -0.15) is 0 Å². The van der Waals surface area contributed by atoms with E-state index < -0.39 is 6.61 Å². The summed E-state index contributed by atoms with van der Waals surface area (Å²) >= 11 is 0. The second-order valence-electron chi connectivity index (χ2n) is 2.19. The van der Waals surface area contributed by atoms with Crippen molar-refractivity contribution in [2.45, 2.75) is 13.5 Å². The maximum Gasteiger partial charge on any atom is 0.131 e. The van der Waals surface area contributed by atoms with Gasteiger partial charge in [0.05, 0.1) is 0 Å². The van der Waals surface area contributed by atoms with Crippen LogP contribution in [0.15, 0.2) is 18.2 Å². The van der Waals surface area contributed by atoms with E-state index in [1.165, 1.54) is 6.07 Å². The van der Waals surface area contributed by atoms with Gasteiger partial charge in [0, 0.05) is 5.56 Å². The van der Waals surface area contributed by atoms with E-state index in [1.54, 1.807) is 19.1 Å². The lowest BCUT2D eigenvalue weighted by Gasteiger charge is -1.98. The molecule has 0 spiro atoms. The molecule has 53 valence electrons. The SMILES string of the molecule is Cc1cccc(C[O])c1F. The Balaban J connectivity index is 3.14. The van der Waals surface area contributed by atoms with Gasteiger partial charge in [-0.05, 0) is 12.5 Å². The molecule has 1 rings (SSSR count). The molecule has 0 aliphatic carbocycles. The zero-order valence-electron chi connectivity index (χ0n) is 5.73. The lowest BCUT2D eigenvalue weighted by molar-refractivity contribution is 0.174. The van der Waals surface area contributed by atoms with Crippen molar-refractivity contribution < 1.29 is 9.50 Å². The largest absolute Gasteiger partial charge is 0.231 e. The molecular formula is C8H8FO. The summed E-state index contributed by atoms with van der Waals surface area (Å²) in [6.45, 7) is 1.17. The molecule has 1 aromatic rings. The molecule has 2 heteroatoms. The van der Waals surface area contributed by atoms with Crippen LogP contribution in [-0.2, 0) is 11.7 Å². The van der Waals surface area contributed by atoms with E-state index in [1.807, 2.05) is 0 Å². The molecule has 0 saturated heterocycles. The van der Waals surface area contributed by atoms with E-state index in [9.17, 15) is 9.50 Å². The Morgan fingerprint density at radius 2 is 2.20 bits per heavy atom. The van der Waals surface area contributed by atoms with Crippen LogP contribution in [0.4, 0.5) is 4.39 Å². The second kappa shape index (κ2) is 2.80. The number of rotatable bonds is 1. The standard InChI is InChI=1S/C8H8FO/c1-6-3-2-4-7(5-10)8(6)9/h2-4H,5H2,1H3. The summed E-state index contributed by atoms with van der Waals surface area (Å²) < 4.78 is 12.8. The molecule has 1 nitrogen and oxygen atoms in total. The van der Waals surface area contributed by atoms with Crippen LogP contribution in [0.5, 0.6) is 0 Å². The summed E-state index contributed by atoms with van der Waals surface area (Å²) in [7, 11) is 0. The lowest BCUT2D eigenvalue weighted by Crippen LogP contribution is -1.90. The Hall–Kier alpha value is -0.890. The topological polar surface area (TPSA) is 19.9 Å². The number of hydrogen-bond acceptors (Lipinski definition) is 0. The van der Waals surface area contributed by atoms with Crippen LogP contribution in [0, 0.1) is 12.7 Å². The molecule has 0 heterocycles. The van der Waals surface area contributed by atoms with Crippen molar-refractivity contribution in [3.05, 3.63) is 35.1 Å². The second-order valence-corrected chi connectivity index (χ2v) is 2.19. The van der Waals surface area contributed by atoms with Crippen LogP contribution in [0.25, 0.3) is 0 Å². The van der Waals surface area contributed by atoms with E-state index in [0.717, 1.165) is 0 Å². The molecule has 10 heavy (non-hydrogen) atoms. The molecule has 1 radical (unpaired) electrons. The first-order valence-corrected chi connectivity index (χ1v) is 3.08. The van der Waals surface area contributed by atoms with Crippen molar-refractivity contribution in [2.75, 3.05) is 0 Å².